The molecule has 2 rings (SSSR count). The molecule has 0 N–H and O–H groups in total. The van der Waals surface area contributed by atoms with Gasteiger partial charge in [-0.15, -0.1) is 0 Å². The van der Waals surface area contributed by atoms with E-state index in [1.54, 1.807) is 0 Å². The maximum atomic E-state index is 13.0. The van der Waals surface area contributed by atoms with E-state index in [1.165, 1.54) is 19.1 Å². The van der Waals surface area contributed by atoms with Gasteiger partial charge in [-0.3, -0.25) is 4.79 Å². The number of methoxy groups -OCH3 is 1. The smallest absolute Gasteiger partial charge is 0.543 e. The number of carboxylic acid groups (broad SMARTS) is 1. The zero-order valence-electron chi connectivity index (χ0n) is 12.6. The minimum atomic E-state index is -1.83. The van der Waals surface area contributed by atoms with E-state index in [2.05, 4.69) is 9.84 Å². The number of carbonyl (C=O) groups is 2. The number of halogens is 1. The Balaban J connectivity index is 0.00000264. The molecule has 0 unspecified atom stereocenters. The summed E-state index contributed by atoms with van der Waals surface area (Å²) in [4.78, 5) is 34.8. The largest absolute Gasteiger partial charge is 1.00 e. The van der Waals surface area contributed by atoms with Gasteiger partial charge in [0.05, 0.1) is 24.5 Å². The number of hydrogen-bond donors (Lipinski definition) is 0. The second-order valence-electron chi connectivity index (χ2n) is 4.31. The molecule has 0 atom stereocenters. The van der Waals surface area contributed by atoms with Gasteiger partial charge in [0.15, 0.2) is 5.69 Å². The molecule has 0 saturated heterocycles. The van der Waals surface area contributed by atoms with Crippen LogP contribution in [-0.4, -0.2) is 28.8 Å². The second-order valence-corrected chi connectivity index (χ2v) is 4.31. The number of ether oxygens (including phenoxy) is 1. The Morgan fingerprint density at radius 2 is 1.83 bits per heavy atom. The number of esters is 1. The van der Waals surface area contributed by atoms with Crippen molar-refractivity contribution in [2.24, 2.45) is 0 Å². The zero-order chi connectivity index (χ0) is 16.4. The van der Waals surface area contributed by atoms with Crippen molar-refractivity contribution in [3.63, 3.8) is 0 Å². The summed E-state index contributed by atoms with van der Waals surface area (Å²) in [7, 11) is 1.06. The number of carbonyl (C=O) groups excluding carboxylic acids is 2. The molecule has 0 aliphatic heterocycles. The van der Waals surface area contributed by atoms with E-state index < -0.39 is 34.4 Å². The zero-order valence-corrected chi connectivity index (χ0v) is 14.6. The molecule has 7 nitrogen and oxygen atoms in total. The standard InChI is InChI=1S/C14H11FN2O5.Na/c1-7-10(14(21)22-2)12(18)11(13(19)20)16-17(7)9-5-3-8(15)4-6-9;/h3-6H,1-2H3,(H,19,20);/q;+1/p-1. The van der Waals surface area contributed by atoms with E-state index in [0.29, 0.717) is 0 Å². The van der Waals surface area contributed by atoms with Crippen LogP contribution in [0.1, 0.15) is 26.5 Å². The van der Waals surface area contributed by atoms with Gasteiger partial charge in [-0.1, -0.05) is 0 Å². The molecule has 0 radical (unpaired) electrons. The van der Waals surface area contributed by atoms with Crippen molar-refractivity contribution in [2.45, 2.75) is 6.92 Å². The first-order valence-corrected chi connectivity index (χ1v) is 6.06. The van der Waals surface area contributed by atoms with Crippen LogP contribution in [0, 0.1) is 12.7 Å². The van der Waals surface area contributed by atoms with Crippen LogP contribution in [0.5, 0.6) is 0 Å². The summed E-state index contributed by atoms with van der Waals surface area (Å²) >= 11 is 0. The molecule has 0 aliphatic carbocycles. The summed E-state index contributed by atoms with van der Waals surface area (Å²) in [5, 5.41) is 14.7. The van der Waals surface area contributed by atoms with E-state index in [-0.39, 0.29) is 40.9 Å². The molecule has 1 aromatic heterocycles. The van der Waals surface area contributed by atoms with E-state index in [1.807, 2.05) is 0 Å². The van der Waals surface area contributed by atoms with E-state index in [4.69, 9.17) is 0 Å². The Labute approximate surface area is 152 Å². The summed E-state index contributed by atoms with van der Waals surface area (Å²) in [6.45, 7) is 1.39. The Kier molecular flexibility index (Phi) is 6.20. The summed E-state index contributed by atoms with van der Waals surface area (Å²) in [6.07, 6.45) is 0. The Hall–Kier alpha value is -2.03. The molecule has 23 heavy (non-hydrogen) atoms. The summed E-state index contributed by atoms with van der Waals surface area (Å²) in [5.74, 6) is -3.33. The molecule has 0 aliphatic rings. The van der Waals surface area contributed by atoms with Crippen molar-refractivity contribution in [1.29, 1.82) is 0 Å². The van der Waals surface area contributed by atoms with E-state index >= 15 is 0 Å². The van der Waals surface area contributed by atoms with Crippen molar-refractivity contribution in [3.8, 4) is 5.69 Å². The third-order valence-electron chi connectivity index (χ3n) is 2.98. The van der Waals surface area contributed by atoms with E-state index in [0.717, 1.165) is 23.9 Å². The monoisotopic (exact) mass is 328 g/mol. The first-order chi connectivity index (χ1) is 10.4. The minimum Gasteiger partial charge on any atom is -0.543 e. The van der Waals surface area contributed by atoms with E-state index in [9.17, 15) is 23.9 Å². The molecule has 0 bridgehead atoms. The number of benzene rings is 1. The average Bonchev–Trinajstić information content (AvgIpc) is 2.48. The molecule has 1 heterocycles. The van der Waals surface area contributed by atoms with Crippen molar-refractivity contribution in [2.75, 3.05) is 7.11 Å². The molecule has 0 spiro atoms. The average molecular weight is 328 g/mol. The van der Waals surface area contributed by atoms with Gasteiger partial charge < -0.3 is 14.6 Å². The molecular weight excluding hydrogens is 318 g/mol. The fourth-order valence-corrected chi connectivity index (χ4v) is 1.92. The predicted octanol–water partition coefficient (Wildman–Crippen LogP) is -3.17. The second kappa shape index (κ2) is 7.49. The SMILES string of the molecule is COC(=O)c1c(C)n(-c2ccc(F)cc2)nc(C(=O)[O-])c1=O.[Na+]. The number of hydrogen-bond acceptors (Lipinski definition) is 6. The van der Waals surface area contributed by atoms with Crippen LogP contribution < -0.4 is 40.1 Å². The van der Waals surface area contributed by atoms with Crippen LogP contribution in [0.25, 0.3) is 5.69 Å². The van der Waals surface area contributed by atoms with Crippen LogP contribution in [0.3, 0.4) is 0 Å². The van der Waals surface area contributed by atoms with Gasteiger partial charge in [0.2, 0.25) is 5.43 Å². The summed E-state index contributed by atoms with van der Waals surface area (Å²) in [5.41, 5.74) is -2.17. The quantitative estimate of drug-likeness (QED) is 0.435. The van der Waals surface area contributed by atoms with Crippen LogP contribution in [-0.2, 0) is 4.74 Å². The fraction of sp³-hybridized carbons (Fsp3) is 0.143. The van der Waals surface area contributed by atoms with Gasteiger partial charge in [0.1, 0.15) is 11.4 Å². The van der Waals surface area contributed by atoms with Crippen LogP contribution in [0.4, 0.5) is 4.39 Å². The Morgan fingerprint density at radius 1 is 1.26 bits per heavy atom. The van der Waals surface area contributed by atoms with Gasteiger partial charge in [0, 0.05) is 0 Å². The molecule has 0 fully saturated rings. The van der Waals surface area contributed by atoms with Crippen LogP contribution >= 0.6 is 0 Å². The van der Waals surface area contributed by atoms with Gasteiger partial charge in [-0.2, -0.15) is 5.10 Å². The Bertz CT molecular complexity index is 817. The maximum Gasteiger partial charge on any atom is 1.00 e. The number of nitrogens with zero attached hydrogens (tertiary/aromatic N) is 2. The normalized spacial score (nSPS) is 9.87. The number of rotatable bonds is 3. The number of carboxylic acids is 1. The first kappa shape index (κ1) is 19.0. The first-order valence-electron chi connectivity index (χ1n) is 6.06. The third-order valence-corrected chi connectivity index (χ3v) is 2.98. The predicted molar refractivity (Wildman–Crippen MR) is 70.2 cm³/mol. The molecular formula is C14H10FN2NaO5. The summed E-state index contributed by atoms with van der Waals surface area (Å²) in [6, 6.07) is 4.90. The van der Waals surface area contributed by atoms with Crippen molar-refractivity contribution >= 4 is 11.9 Å². The van der Waals surface area contributed by atoms with Crippen molar-refractivity contribution in [1.82, 2.24) is 9.78 Å². The molecule has 0 amide bonds. The van der Waals surface area contributed by atoms with Crippen molar-refractivity contribution in [3.05, 3.63) is 57.3 Å². The Morgan fingerprint density at radius 3 is 2.30 bits per heavy atom. The molecule has 0 saturated carbocycles. The number of aromatic carboxylic acids is 1. The van der Waals surface area contributed by atoms with Crippen LogP contribution in [0.15, 0.2) is 29.1 Å². The van der Waals surface area contributed by atoms with Gasteiger partial charge in [-0.05, 0) is 31.2 Å². The molecule has 114 valence electrons. The van der Waals surface area contributed by atoms with Crippen molar-refractivity contribution < 1.29 is 53.4 Å². The molecule has 9 heteroatoms. The molecule has 2 aromatic rings. The topological polar surface area (TPSA) is 101 Å². The maximum absolute atomic E-state index is 13.0. The van der Waals surface area contributed by atoms with Gasteiger partial charge >= 0.3 is 35.5 Å². The third kappa shape index (κ3) is 3.66. The van der Waals surface area contributed by atoms with Gasteiger partial charge in [0.25, 0.3) is 0 Å². The summed E-state index contributed by atoms with van der Waals surface area (Å²) < 4.78 is 18.5. The molecule has 1 aromatic carbocycles. The fourth-order valence-electron chi connectivity index (χ4n) is 1.92. The minimum absolute atomic E-state index is 0. The van der Waals surface area contributed by atoms with Crippen LogP contribution in [0.2, 0.25) is 0 Å². The van der Waals surface area contributed by atoms with Gasteiger partial charge in [-0.25, -0.2) is 13.9 Å². The number of aromatic nitrogens is 2.